The maximum atomic E-state index is 12.7. The molecule has 2 heterocycles. The highest BCUT2D eigenvalue weighted by molar-refractivity contribution is 5.82. The molecule has 6 nitrogen and oxygen atoms in total. The molecule has 4 rings (SSSR count). The Morgan fingerprint density at radius 1 is 1.08 bits per heavy atom. The second-order valence-corrected chi connectivity index (χ2v) is 6.14. The number of nitrogens with one attached hydrogen (secondary N) is 1. The molecule has 1 amide bonds. The van der Waals surface area contributed by atoms with Gasteiger partial charge < -0.3 is 24.6 Å². The predicted molar refractivity (Wildman–Crippen MR) is 90.1 cm³/mol. The summed E-state index contributed by atoms with van der Waals surface area (Å²) in [4.78, 5) is 12.7. The Morgan fingerprint density at radius 2 is 1.96 bits per heavy atom. The summed E-state index contributed by atoms with van der Waals surface area (Å²) in [6.07, 6.45) is 0.900. The molecule has 0 fully saturated rings. The van der Waals surface area contributed by atoms with Crippen LogP contribution in [0.15, 0.2) is 42.5 Å². The zero-order valence-electron chi connectivity index (χ0n) is 13.6. The SMILES string of the molecule is O=C(NC1CCCOc2ccccc21)C1COc2ccc(O)cc2O1. The Labute approximate surface area is 145 Å². The number of carbonyl (C=O) groups is 1. The molecule has 0 radical (unpaired) electrons. The maximum Gasteiger partial charge on any atom is 0.265 e. The third-order valence-electron chi connectivity index (χ3n) is 4.38. The summed E-state index contributed by atoms with van der Waals surface area (Å²) < 4.78 is 17.0. The first-order valence-corrected chi connectivity index (χ1v) is 8.35. The van der Waals surface area contributed by atoms with Crippen LogP contribution in [0.5, 0.6) is 23.0 Å². The number of fused-ring (bicyclic) bond motifs is 2. The molecule has 2 aliphatic rings. The summed E-state index contributed by atoms with van der Waals surface area (Å²) in [6.45, 7) is 0.771. The minimum absolute atomic E-state index is 0.0678. The number of hydrogen-bond donors (Lipinski definition) is 2. The normalized spacial score (nSPS) is 21.4. The first-order chi connectivity index (χ1) is 12.2. The van der Waals surface area contributed by atoms with Gasteiger partial charge in [-0.1, -0.05) is 18.2 Å². The Balaban J connectivity index is 1.49. The zero-order valence-corrected chi connectivity index (χ0v) is 13.6. The highest BCUT2D eigenvalue weighted by Crippen LogP contribution is 2.35. The largest absolute Gasteiger partial charge is 0.508 e. The fourth-order valence-electron chi connectivity index (χ4n) is 3.13. The van der Waals surface area contributed by atoms with E-state index in [1.165, 1.54) is 12.1 Å². The highest BCUT2D eigenvalue weighted by atomic mass is 16.6. The third-order valence-corrected chi connectivity index (χ3v) is 4.38. The van der Waals surface area contributed by atoms with Crippen LogP contribution in [-0.4, -0.2) is 30.3 Å². The fraction of sp³-hybridized carbons (Fsp3) is 0.316. The minimum Gasteiger partial charge on any atom is -0.508 e. The maximum absolute atomic E-state index is 12.7. The van der Waals surface area contributed by atoms with Crippen molar-refractivity contribution in [2.45, 2.75) is 25.0 Å². The van der Waals surface area contributed by atoms with E-state index in [4.69, 9.17) is 14.2 Å². The second-order valence-electron chi connectivity index (χ2n) is 6.14. The molecule has 6 heteroatoms. The number of aromatic hydroxyl groups is 1. The lowest BCUT2D eigenvalue weighted by molar-refractivity contribution is -0.131. The molecule has 2 N–H and O–H groups in total. The summed E-state index contributed by atoms with van der Waals surface area (Å²) in [5.41, 5.74) is 0.975. The van der Waals surface area contributed by atoms with E-state index in [1.54, 1.807) is 6.07 Å². The quantitative estimate of drug-likeness (QED) is 0.878. The molecule has 0 aliphatic carbocycles. The van der Waals surface area contributed by atoms with E-state index in [1.807, 2.05) is 24.3 Å². The molecule has 2 aromatic rings. The number of para-hydroxylation sites is 1. The number of rotatable bonds is 2. The van der Waals surface area contributed by atoms with Crippen molar-refractivity contribution in [3.63, 3.8) is 0 Å². The number of hydrogen-bond acceptors (Lipinski definition) is 5. The number of phenols is 1. The van der Waals surface area contributed by atoms with Crippen LogP contribution in [0, 0.1) is 0 Å². The molecule has 25 heavy (non-hydrogen) atoms. The Kier molecular flexibility index (Phi) is 4.09. The van der Waals surface area contributed by atoms with Crippen molar-refractivity contribution < 1.29 is 24.1 Å². The topological polar surface area (TPSA) is 77.0 Å². The summed E-state index contributed by atoms with van der Waals surface area (Å²) in [5.74, 6) is 1.53. The average molecular weight is 341 g/mol. The average Bonchev–Trinajstić information content (AvgIpc) is 2.83. The van der Waals surface area contributed by atoms with Gasteiger partial charge in [0.1, 0.15) is 18.1 Å². The van der Waals surface area contributed by atoms with Gasteiger partial charge in [-0.05, 0) is 31.0 Å². The standard InChI is InChI=1S/C19H19NO5/c21-12-7-8-16-17(10-12)25-18(11-24-16)19(22)20-14-5-3-9-23-15-6-2-1-4-13(14)15/h1-2,4,6-8,10,14,18,21H,3,5,9,11H2,(H,20,22). The predicted octanol–water partition coefficient (Wildman–Crippen LogP) is 2.56. The molecule has 2 aromatic carbocycles. The van der Waals surface area contributed by atoms with Gasteiger partial charge in [-0.2, -0.15) is 0 Å². The van der Waals surface area contributed by atoms with Crippen LogP contribution >= 0.6 is 0 Å². The molecule has 0 aromatic heterocycles. The van der Waals surface area contributed by atoms with Gasteiger partial charge in [-0.3, -0.25) is 4.79 Å². The molecule has 2 unspecified atom stereocenters. The van der Waals surface area contributed by atoms with E-state index >= 15 is 0 Å². The lowest BCUT2D eigenvalue weighted by Crippen LogP contribution is -2.45. The van der Waals surface area contributed by atoms with E-state index < -0.39 is 6.10 Å². The lowest BCUT2D eigenvalue weighted by Gasteiger charge is -2.27. The van der Waals surface area contributed by atoms with Gasteiger partial charge in [-0.25, -0.2) is 0 Å². The van der Waals surface area contributed by atoms with E-state index in [-0.39, 0.29) is 24.3 Å². The first kappa shape index (κ1) is 15.6. The van der Waals surface area contributed by atoms with Crippen LogP contribution in [0.4, 0.5) is 0 Å². The molecule has 130 valence electrons. The molecule has 0 spiro atoms. The van der Waals surface area contributed by atoms with Gasteiger partial charge in [0.15, 0.2) is 11.5 Å². The van der Waals surface area contributed by atoms with Gasteiger partial charge in [0, 0.05) is 11.6 Å². The fourth-order valence-corrected chi connectivity index (χ4v) is 3.13. The third kappa shape index (κ3) is 3.20. The lowest BCUT2D eigenvalue weighted by atomic mass is 10.0. The molecule has 0 saturated heterocycles. The summed E-state index contributed by atoms with van der Waals surface area (Å²) in [7, 11) is 0. The molecule has 2 atom stereocenters. The molecular weight excluding hydrogens is 322 g/mol. The number of benzene rings is 2. The van der Waals surface area contributed by atoms with Gasteiger partial charge in [0.05, 0.1) is 12.6 Å². The van der Waals surface area contributed by atoms with Crippen molar-refractivity contribution >= 4 is 5.91 Å². The Hall–Kier alpha value is -2.89. The van der Waals surface area contributed by atoms with Crippen LogP contribution < -0.4 is 19.5 Å². The van der Waals surface area contributed by atoms with Crippen molar-refractivity contribution in [3.8, 4) is 23.0 Å². The smallest absolute Gasteiger partial charge is 0.265 e. The summed E-state index contributed by atoms with van der Waals surface area (Å²) in [6, 6.07) is 12.2. The highest BCUT2D eigenvalue weighted by Gasteiger charge is 2.30. The molecule has 0 bridgehead atoms. The van der Waals surface area contributed by atoms with Crippen molar-refractivity contribution in [2.24, 2.45) is 0 Å². The van der Waals surface area contributed by atoms with Crippen LogP contribution in [0.3, 0.4) is 0 Å². The van der Waals surface area contributed by atoms with Gasteiger partial charge in [0.25, 0.3) is 5.91 Å². The van der Waals surface area contributed by atoms with E-state index in [0.717, 1.165) is 24.2 Å². The van der Waals surface area contributed by atoms with Gasteiger partial charge in [0.2, 0.25) is 6.10 Å². The Morgan fingerprint density at radius 3 is 2.88 bits per heavy atom. The van der Waals surface area contributed by atoms with Crippen molar-refractivity contribution in [2.75, 3.05) is 13.2 Å². The zero-order chi connectivity index (χ0) is 17.2. The second kappa shape index (κ2) is 6.55. The van der Waals surface area contributed by atoms with Gasteiger partial charge in [-0.15, -0.1) is 0 Å². The molecular formula is C19H19NO5. The summed E-state index contributed by atoms with van der Waals surface area (Å²) >= 11 is 0. The van der Waals surface area contributed by atoms with Crippen LogP contribution in [0.2, 0.25) is 0 Å². The minimum atomic E-state index is -0.759. The van der Waals surface area contributed by atoms with E-state index in [9.17, 15) is 9.90 Å². The first-order valence-electron chi connectivity index (χ1n) is 8.35. The van der Waals surface area contributed by atoms with E-state index in [0.29, 0.717) is 18.1 Å². The summed E-state index contributed by atoms with van der Waals surface area (Å²) in [5, 5.41) is 12.6. The Bertz CT molecular complexity index is 791. The molecule has 2 aliphatic heterocycles. The number of carbonyl (C=O) groups excluding carboxylic acids is 1. The van der Waals surface area contributed by atoms with Crippen molar-refractivity contribution in [3.05, 3.63) is 48.0 Å². The number of amides is 1. The van der Waals surface area contributed by atoms with Gasteiger partial charge >= 0.3 is 0 Å². The number of ether oxygens (including phenoxy) is 3. The van der Waals surface area contributed by atoms with Crippen LogP contribution in [-0.2, 0) is 4.79 Å². The van der Waals surface area contributed by atoms with Crippen molar-refractivity contribution in [1.82, 2.24) is 5.32 Å². The monoisotopic (exact) mass is 341 g/mol. The number of phenolic OH excluding ortho intramolecular Hbond substituents is 1. The van der Waals surface area contributed by atoms with Crippen LogP contribution in [0.25, 0.3) is 0 Å². The van der Waals surface area contributed by atoms with Crippen LogP contribution in [0.1, 0.15) is 24.4 Å². The van der Waals surface area contributed by atoms with E-state index in [2.05, 4.69) is 5.32 Å². The van der Waals surface area contributed by atoms with Crippen molar-refractivity contribution in [1.29, 1.82) is 0 Å². The molecule has 0 saturated carbocycles.